The standard InChI is InChI=1S/C12H18O9/c1-2-8(16)19-5-7(15)10-9(17)11(12(18)21-10)20-4-6(14)3-13/h6-7,10-11,13-15H,2-5H2,1H3. The van der Waals surface area contributed by atoms with Gasteiger partial charge in [0, 0.05) is 6.42 Å². The van der Waals surface area contributed by atoms with Gasteiger partial charge in [0.1, 0.15) is 18.8 Å². The third kappa shape index (κ3) is 4.74. The molecule has 0 spiro atoms. The Kier molecular flexibility index (Phi) is 6.69. The van der Waals surface area contributed by atoms with Crippen LogP contribution in [0.1, 0.15) is 13.3 Å². The molecule has 0 radical (unpaired) electrons. The van der Waals surface area contributed by atoms with Crippen molar-refractivity contribution in [1.82, 2.24) is 0 Å². The van der Waals surface area contributed by atoms with Crippen molar-refractivity contribution in [2.45, 2.75) is 37.8 Å². The van der Waals surface area contributed by atoms with Crippen LogP contribution in [0.3, 0.4) is 0 Å². The van der Waals surface area contributed by atoms with Crippen LogP contribution in [0.15, 0.2) is 0 Å². The summed E-state index contributed by atoms with van der Waals surface area (Å²) in [4.78, 5) is 34.3. The third-order valence-corrected chi connectivity index (χ3v) is 2.72. The van der Waals surface area contributed by atoms with E-state index in [4.69, 9.17) is 14.9 Å². The Bertz CT molecular complexity index is 394. The zero-order chi connectivity index (χ0) is 16.0. The van der Waals surface area contributed by atoms with Crippen LogP contribution in [0.4, 0.5) is 0 Å². The first kappa shape index (κ1) is 17.5. The quantitative estimate of drug-likeness (QED) is 0.329. The van der Waals surface area contributed by atoms with Gasteiger partial charge in [-0.3, -0.25) is 9.59 Å². The van der Waals surface area contributed by atoms with E-state index in [0.717, 1.165) is 0 Å². The second kappa shape index (κ2) is 8.03. The first-order valence-corrected chi connectivity index (χ1v) is 6.39. The normalized spacial score (nSPS) is 24.6. The minimum Gasteiger partial charge on any atom is -0.463 e. The third-order valence-electron chi connectivity index (χ3n) is 2.72. The Hall–Kier alpha value is -1.55. The Morgan fingerprint density at radius 3 is 2.57 bits per heavy atom. The molecule has 0 bridgehead atoms. The van der Waals surface area contributed by atoms with E-state index >= 15 is 0 Å². The van der Waals surface area contributed by atoms with Crippen molar-refractivity contribution in [1.29, 1.82) is 0 Å². The number of cyclic esters (lactones) is 1. The van der Waals surface area contributed by atoms with Crippen molar-refractivity contribution < 1.29 is 43.9 Å². The molecule has 1 aliphatic heterocycles. The second-order valence-electron chi connectivity index (χ2n) is 4.41. The van der Waals surface area contributed by atoms with Crippen LogP contribution in [-0.4, -0.2) is 77.3 Å². The van der Waals surface area contributed by atoms with Gasteiger partial charge in [-0.2, -0.15) is 0 Å². The molecule has 1 heterocycles. The summed E-state index contributed by atoms with van der Waals surface area (Å²) in [5.41, 5.74) is 0. The number of carbonyl (C=O) groups excluding carboxylic acids is 3. The van der Waals surface area contributed by atoms with Gasteiger partial charge in [-0.25, -0.2) is 4.79 Å². The molecule has 0 aromatic carbocycles. The summed E-state index contributed by atoms with van der Waals surface area (Å²) in [6.07, 6.45) is -5.69. The predicted molar refractivity (Wildman–Crippen MR) is 65.0 cm³/mol. The molecule has 9 heteroatoms. The van der Waals surface area contributed by atoms with Crippen molar-refractivity contribution in [3.05, 3.63) is 0 Å². The van der Waals surface area contributed by atoms with Gasteiger partial charge in [0.15, 0.2) is 6.10 Å². The average Bonchev–Trinajstić information content (AvgIpc) is 2.76. The van der Waals surface area contributed by atoms with Crippen molar-refractivity contribution in [2.24, 2.45) is 0 Å². The summed E-state index contributed by atoms with van der Waals surface area (Å²) in [7, 11) is 0. The maximum absolute atomic E-state index is 11.9. The summed E-state index contributed by atoms with van der Waals surface area (Å²) in [6.45, 7) is 0.0543. The van der Waals surface area contributed by atoms with Crippen molar-refractivity contribution in [3.63, 3.8) is 0 Å². The first-order valence-electron chi connectivity index (χ1n) is 6.39. The van der Waals surface area contributed by atoms with E-state index in [1.54, 1.807) is 6.92 Å². The highest BCUT2D eigenvalue weighted by Gasteiger charge is 2.48. The fourth-order valence-electron chi connectivity index (χ4n) is 1.56. The molecule has 0 amide bonds. The van der Waals surface area contributed by atoms with Crippen LogP contribution in [0.5, 0.6) is 0 Å². The van der Waals surface area contributed by atoms with Gasteiger partial charge in [-0.05, 0) is 0 Å². The highest BCUT2D eigenvalue weighted by Crippen LogP contribution is 2.18. The smallest absolute Gasteiger partial charge is 0.344 e. The van der Waals surface area contributed by atoms with E-state index in [1.165, 1.54) is 0 Å². The molecule has 1 fully saturated rings. The Balaban J connectivity index is 2.53. The van der Waals surface area contributed by atoms with Crippen LogP contribution in [0.25, 0.3) is 0 Å². The van der Waals surface area contributed by atoms with Crippen LogP contribution in [0, 0.1) is 0 Å². The molecule has 3 N–H and O–H groups in total. The van der Waals surface area contributed by atoms with Gasteiger partial charge in [0.2, 0.25) is 11.9 Å². The molecule has 21 heavy (non-hydrogen) atoms. The monoisotopic (exact) mass is 306 g/mol. The second-order valence-corrected chi connectivity index (χ2v) is 4.41. The van der Waals surface area contributed by atoms with E-state index < -0.39 is 62.0 Å². The molecule has 1 aliphatic rings. The van der Waals surface area contributed by atoms with Gasteiger partial charge in [0.25, 0.3) is 0 Å². The molecule has 4 atom stereocenters. The van der Waals surface area contributed by atoms with E-state index in [-0.39, 0.29) is 6.42 Å². The van der Waals surface area contributed by atoms with Crippen molar-refractivity contribution in [3.8, 4) is 0 Å². The minimum absolute atomic E-state index is 0.107. The Morgan fingerprint density at radius 2 is 2.00 bits per heavy atom. The highest BCUT2D eigenvalue weighted by molar-refractivity contribution is 6.09. The molecule has 4 unspecified atom stereocenters. The number of hydrogen-bond acceptors (Lipinski definition) is 9. The number of Topliss-reactive ketones (excluding diaryl/α,β-unsaturated/α-hetero) is 1. The van der Waals surface area contributed by atoms with Crippen molar-refractivity contribution >= 4 is 17.7 Å². The lowest BCUT2D eigenvalue weighted by atomic mass is 10.1. The van der Waals surface area contributed by atoms with Gasteiger partial charge < -0.3 is 29.5 Å². The average molecular weight is 306 g/mol. The van der Waals surface area contributed by atoms with E-state index in [2.05, 4.69) is 9.47 Å². The zero-order valence-electron chi connectivity index (χ0n) is 11.4. The lowest BCUT2D eigenvalue weighted by Crippen LogP contribution is -2.39. The highest BCUT2D eigenvalue weighted by atomic mass is 16.6. The molecule has 9 nitrogen and oxygen atoms in total. The van der Waals surface area contributed by atoms with Gasteiger partial charge in [0.05, 0.1) is 13.2 Å². The zero-order valence-corrected chi connectivity index (χ0v) is 11.4. The molecular weight excluding hydrogens is 288 g/mol. The predicted octanol–water partition coefficient (Wildman–Crippen LogP) is -2.47. The fourth-order valence-corrected chi connectivity index (χ4v) is 1.56. The molecule has 120 valence electrons. The molecular formula is C12H18O9. The molecule has 0 aromatic rings. The Labute approximate surface area is 120 Å². The van der Waals surface area contributed by atoms with Crippen LogP contribution < -0.4 is 0 Å². The lowest BCUT2D eigenvalue weighted by Gasteiger charge is -2.15. The number of esters is 2. The van der Waals surface area contributed by atoms with E-state index in [0.29, 0.717) is 0 Å². The summed E-state index contributed by atoms with van der Waals surface area (Å²) in [5, 5.41) is 27.4. The SMILES string of the molecule is CCC(=O)OCC(O)C1OC(=O)C(OCC(O)CO)C1=O. The topological polar surface area (TPSA) is 140 Å². The maximum atomic E-state index is 11.9. The van der Waals surface area contributed by atoms with Crippen LogP contribution >= 0.6 is 0 Å². The molecule has 0 aliphatic carbocycles. The molecule has 1 rings (SSSR count). The summed E-state index contributed by atoms with van der Waals surface area (Å²) >= 11 is 0. The van der Waals surface area contributed by atoms with Crippen LogP contribution in [0.2, 0.25) is 0 Å². The maximum Gasteiger partial charge on any atom is 0.344 e. The van der Waals surface area contributed by atoms with E-state index in [1.807, 2.05) is 0 Å². The first-order chi connectivity index (χ1) is 9.90. The molecule has 1 saturated heterocycles. The summed E-state index contributed by atoms with van der Waals surface area (Å²) < 4.78 is 14.2. The minimum atomic E-state index is -1.58. The molecule has 0 saturated carbocycles. The van der Waals surface area contributed by atoms with Gasteiger partial charge in [-0.15, -0.1) is 0 Å². The number of hydrogen-bond donors (Lipinski definition) is 3. The number of ether oxygens (including phenoxy) is 3. The number of aliphatic hydroxyl groups excluding tert-OH is 3. The number of carbonyl (C=O) groups is 3. The largest absolute Gasteiger partial charge is 0.463 e. The summed E-state index contributed by atoms with van der Waals surface area (Å²) in [5.74, 6) is -2.40. The number of aliphatic hydroxyl groups is 3. The fraction of sp³-hybridized carbons (Fsp3) is 0.750. The number of ketones is 1. The van der Waals surface area contributed by atoms with Crippen LogP contribution in [-0.2, 0) is 28.6 Å². The summed E-state index contributed by atoms with van der Waals surface area (Å²) in [6, 6.07) is 0. The van der Waals surface area contributed by atoms with Crippen molar-refractivity contribution in [2.75, 3.05) is 19.8 Å². The molecule has 0 aromatic heterocycles. The van der Waals surface area contributed by atoms with E-state index in [9.17, 15) is 19.5 Å². The van der Waals surface area contributed by atoms with Gasteiger partial charge in [-0.1, -0.05) is 6.92 Å². The lowest BCUT2D eigenvalue weighted by molar-refractivity contribution is -0.157. The van der Waals surface area contributed by atoms with Gasteiger partial charge >= 0.3 is 11.9 Å². The number of rotatable bonds is 8. The Morgan fingerprint density at radius 1 is 1.33 bits per heavy atom.